The van der Waals surface area contributed by atoms with Gasteiger partial charge in [-0.2, -0.15) is 5.10 Å². The average molecular weight is 231 g/mol. The van der Waals surface area contributed by atoms with Gasteiger partial charge in [0.05, 0.1) is 5.69 Å². The van der Waals surface area contributed by atoms with E-state index in [1.54, 1.807) is 0 Å². The first-order valence-electron chi connectivity index (χ1n) is 4.14. The zero-order valence-electron chi connectivity index (χ0n) is 8.06. The van der Waals surface area contributed by atoms with Crippen LogP contribution in [0.2, 0.25) is 0 Å². The van der Waals surface area contributed by atoms with Crippen LogP contribution >= 0.6 is 15.9 Å². The Hall–Kier alpha value is -0.310. The summed E-state index contributed by atoms with van der Waals surface area (Å²) >= 11 is 3.49. The van der Waals surface area contributed by atoms with Gasteiger partial charge in [0, 0.05) is 18.1 Å². The van der Waals surface area contributed by atoms with Crippen molar-refractivity contribution in [1.29, 1.82) is 0 Å². The van der Waals surface area contributed by atoms with E-state index in [0.29, 0.717) is 5.92 Å². The Morgan fingerprint density at radius 2 is 2.08 bits per heavy atom. The van der Waals surface area contributed by atoms with Crippen molar-refractivity contribution >= 4 is 15.9 Å². The third kappa shape index (κ3) is 1.56. The highest BCUT2D eigenvalue weighted by atomic mass is 79.9. The van der Waals surface area contributed by atoms with Crippen LogP contribution in [0.4, 0.5) is 0 Å². The van der Waals surface area contributed by atoms with Crippen LogP contribution in [0.3, 0.4) is 0 Å². The van der Waals surface area contributed by atoms with E-state index in [9.17, 15) is 0 Å². The van der Waals surface area contributed by atoms with Crippen LogP contribution in [0.1, 0.15) is 29.8 Å². The smallest absolute Gasteiger partial charge is 0.0631 e. The summed E-state index contributed by atoms with van der Waals surface area (Å²) in [4.78, 5) is 0. The van der Waals surface area contributed by atoms with Crippen molar-refractivity contribution in [2.24, 2.45) is 7.05 Å². The molecule has 0 saturated heterocycles. The molecule has 1 atom stereocenters. The molecule has 0 aliphatic carbocycles. The van der Waals surface area contributed by atoms with Crippen LogP contribution in [-0.2, 0) is 7.05 Å². The lowest BCUT2D eigenvalue weighted by Crippen LogP contribution is -1.99. The second kappa shape index (κ2) is 3.60. The van der Waals surface area contributed by atoms with Crippen LogP contribution in [0, 0.1) is 13.8 Å². The first kappa shape index (κ1) is 9.78. The zero-order chi connectivity index (χ0) is 9.30. The summed E-state index contributed by atoms with van der Waals surface area (Å²) in [6.45, 7) is 6.40. The van der Waals surface area contributed by atoms with Gasteiger partial charge in [-0.1, -0.05) is 22.9 Å². The summed E-state index contributed by atoms with van der Waals surface area (Å²) in [6, 6.07) is 0. The second-order valence-electron chi connectivity index (χ2n) is 3.26. The van der Waals surface area contributed by atoms with Crippen LogP contribution in [0.5, 0.6) is 0 Å². The monoisotopic (exact) mass is 230 g/mol. The molecule has 12 heavy (non-hydrogen) atoms. The van der Waals surface area contributed by atoms with E-state index < -0.39 is 0 Å². The third-order valence-electron chi connectivity index (χ3n) is 2.29. The fourth-order valence-electron chi connectivity index (χ4n) is 1.58. The number of alkyl halides is 1. The zero-order valence-corrected chi connectivity index (χ0v) is 9.64. The molecule has 0 radical (unpaired) electrons. The maximum Gasteiger partial charge on any atom is 0.0631 e. The summed E-state index contributed by atoms with van der Waals surface area (Å²) in [5.41, 5.74) is 3.82. The molecule has 0 spiro atoms. The molecule has 1 aromatic rings. The lowest BCUT2D eigenvalue weighted by molar-refractivity contribution is 0.728. The molecule has 0 aromatic carbocycles. The van der Waals surface area contributed by atoms with Gasteiger partial charge in [-0.15, -0.1) is 0 Å². The van der Waals surface area contributed by atoms with E-state index in [0.717, 1.165) is 11.0 Å². The van der Waals surface area contributed by atoms with Gasteiger partial charge in [0.15, 0.2) is 0 Å². The number of aromatic nitrogens is 2. The molecule has 2 nitrogen and oxygen atoms in total. The van der Waals surface area contributed by atoms with Gasteiger partial charge in [-0.05, 0) is 25.3 Å². The van der Waals surface area contributed by atoms with Crippen molar-refractivity contribution in [2.45, 2.75) is 26.7 Å². The summed E-state index contributed by atoms with van der Waals surface area (Å²) in [5.74, 6) is 0.554. The van der Waals surface area contributed by atoms with E-state index in [2.05, 4.69) is 41.8 Å². The maximum atomic E-state index is 4.38. The van der Waals surface area contributed by atoms with E-state index in [-0.39, 0.29) is 0 Å². The van der Waals surface area contributed by atoms with E-state index in [1.807, 2.05) is 11.7 Å². The highest BCUT2D eigenvalue weighted by molar-refractivity contribution is 9.09. The molecule has 0 amide bonds. The van der Waals surface area contributed by atoms with E-state index in [4.69, 9.17) is 0 Å². The minimum atomic E-state index is 0.554. The molecule has 68 valence electrons. The molecule has 0 N–H and O–H groups in total. The molecule has 1 rings (SSSR count). The van der Waals surface area contributed by atoms with Crippen molar-refractivity contribution < 1.29 is 0 Å². The summed E-state index contributed by atoms with van der Waals surface area (Å²) in [6.07, 6.45) is 0. The summed E-state index contributed by atoms with van der Waals surface area (Å²) in [5, 5.41) is 5.38. The normalized spacial score (nSPS) is 13.4. The molecule has 1 heterocycles. The number of aryl methyl sites for hydroxylation is 2. The summed E-state index contributed by atoms with van der Waals surface area (Å²) in [7, 11) is 1.99. The molecule has 1 unspecified atom stereocenters. The minimum Gasteiger partial charge on any atom is -0.272 e. The standard InChI is InChI=1S/C9H15BrN2/c1-6(5-10)9-7(2)11-12(4)8(9)3/h6H,5H2,1-4H3. The predicted molar refractivity (Wildman–Crippen MR) is 54.9 cm³/mol. The second-order valence-corrected chi connectivity index (χ2v) is 3.91. The molecule has 0 bridgehead atoms. The molecule has 1 aromatic heterocycles. The Labute approximate surface area is 82.1 Å². The van der Waals surface area contributed by atoms with Gasteiger partial charge < -0.3 is 0 Å². The maximum absolute atomic E-state index is 4.38. The lowest BCUT2D eigenvalue weighted by Gasteiger charge is -2.07. The van der Waals surface area contributed by atoms with E-state index >= 15 is 0 Å². The van der Waals surface area contributed by atoms with Crippen LogP contribution in [0.25, 0.3) is 0 Å². The van der Waals surface area contributed by atoms with E-state index in [1.165, 1.54) is 11.3 Å². The molecular formula is C9H15BrN2. The Bertz CT molecular complexity index is 278. The van der Waals surface area contributed by atoms with Gasteiger partial charge in [-0.3, -0.25) is 4.68 Å². The quantitative estimate of drug-likeness (QED) is 0.715. The Morgan fingerprint density at radius 1 is 1.50 bits per heavy atom. The van der Waals surface area contributed by atoms with Crippen LogP contribution in [0.15, 0.2) is 0 Å². The topological polar surface area (TPSA) is 17.8 Å². The molecule has 0 aliphatic rings. The van der Waals surface area contributed by atoms with Gasteiger partial charge in [-0.25, -0.2) is 0 Å². The molecule has 0 aliphatic heterocycles. The van der Waals surface area contributed by atoms with Crippen molar-refractivity contribution in [1.82, 2.24) is 9.78 Å². The van der Waals surface area contributed by atoms with Gasteiger partial charge >= 0.3 is 0 Å². The van der Waals surface area contributed by atoms with Gasteiger partial charge in [0.25, 0.3) is 0 Å². The van der Waals surface area contributed by atoms with Crippen molar-refractivity contribution in [2.75, 3.05) is 5.33 Å². The molecule has 0 saturated carbocycles. The number of hydrogen-bond acceptors (Lipinski definition) is 1. The van der Waals surface area contributed by atoms with Crippen molar-refractivity contribution in [3.8, 4) is 0 Å². The minimum absolute atomic E-state index is 0.554. The molecule has 0 fully saturated rings. The Morgan fingerprint density at radius 3 is 2.42 bits per heavy atom. The lowest BCUT2D eigenvalue weighted by atomic mass is 10.0. The Kier molecular flexibility index (Phi) is 2.94. The average Bonchev–Trinajstić information content (AvgIpc) is 2.26. The SMILES string of the molecule is Cc1nn(C)c(C)c1C(C)CBr. The number of rotatable bonds is 2. The third-order valence-corrected chi connectivity index (χ3v) is 3.26. The van der Waals surface area contributed by atoms with Crippen molar-refractivity contribution in [3.63, 3.8) is 0 Å². The summed E-state index contributed by atoms with van der Waals surface area (Å²) < 4.78 is 1.95. The predicted octanol–water partition coefficient (Wildman–Crippen LogP) is 2.54. The molecule has 3 heteroatoms. The number of halogens is 1. The fourth-order valence-corrected chi connectivity index (χ4v) is 1.90. The van der Waals surface area contributed by atoms with Gasteiger partial charge in [0.2, 0.25) is 0 Å². The first-order valence-corrected chi connectivity index (χ1v) is 5.26. The van der Waals surface area contributed by atoms with Gasteiger partial charge in [0.1, 0.15) is 0 Å². The van der Waals surface area contributed by atoms with Crippen LogP contribution in [-0.4, -0.2) is 15.1 Å². The first-order chi connectivity index (χ1) is 5.57. The number of hydrogen-bond donors (Lipinski definition) is 0. The Balaban J connectivity index is 3.13. The largest absolute Gasteiger partial charge is 0.272 e. The van der Waals surface area contributed by atoms with Crippen molar-refractivity contribution in [3.05, 3.63) is 17.0 Å². The highest BCUT2D eigenvalue weighted by Crippen LogP contribution is 2.23. The highest BCUT2D eigenvalue weighted by Gasteiger charge is 2.14. The van der Waals surface area contributed by atoms with Crippen LogP contribution < -0.4 is 0 Å². The fraction of sp³-hybridized carbons (Fsp3) is 0.667. The molecular weight excluding hydrogens is 216 g/mol. The number of nitrogens with zero attached hydrogens (tertiary/aromatic N) is 2.